The Bertz CT molecular complexity index is 416. The summed E-state index contributed by atoms with van der Waals surface area (Å²) in [5, 5.41) is 5.70. The van der Waals surface area contributed by atoms with E-state index >= 15 is 0 Å². The van der Waals surface area contributed by atoms with Gasteiger partial charge in [0, 0.05) is 12.6 Å². The largest absolute Gasteiger partial charge is 0.352 e. The van der Waals surface area contributed by atoms with E-state index in [0.717, 1.165) is 0 Å². The topological polar surface area (TPSA) is 78.5 Å². The molecule has 0 aromatic carbocycles. The molecule has 3 amide bonds. The van der Waals surface area contributed by atoms with E-state index in [9.17, 15) is 14.4 Å². The summed E-state index contributed by atoms with van der Waals surface area (Å²) in [5.74, 6) is 0.324. The molecule has 0 bridgehead atoms. The van der Waals surface area contributed by atoms with Crippen LogP contribution >= 0.6 is 11.8 Å². The molecule has 0 aliphatic carbocycles. The molecule has 0 unspecified atom stereocenters. The van der Waals surface area contributed by atoms with E-state index in [1.54, 1.807) is 4.90 Å². The zero-order valence-corrected chi connectivity index (χ0v) is 12.7. The van der Waals surface area contributed by atoms with Crippen LogP contribution in [0.3, 0.4) is 0 Å². The first-order valence-electron chi connectivity index (χ1n) is 6.96. The molecule has 112 valence electrons. The predicted molar refractivity (Wildman–Crippen MR) is 77.3 cm³/mol. The van der Waals surface area contributed by atoms with Crippen molar-refractivity contribution in [3.8, 4) is 0 Å². The second-order valence-electron chi connectivity index (χ2n) is 5.24. The van der Waals surface area contributed by atoms with Crippen molar-refractivity contribution in [3.05, 3.63) is 0 Å². The maximum atomic E-state index is 12.2. The van der Waals surface area contributed by atoms with Crippen LogP contribution in [0.5, 0.6) is 0 Å². The molecule has 2 N–H and O–H groups in total. The lowest BCUT2D eigenvalue weighted by molar-refractivity contribution is -0.151. The van der Waals surface area contributed by atoms with Gasteiger partial charge in [0.05, 0.1) is 5.75 Å². The summed E-state index contributed by atoms with van der Waals surface area (Å²) in [4.78, 5) is 37.5. The van der Waals surface area contributed by atoms with Crippen molar-refractivity contribution in [2.24, 2.45) is 0 Å². The van der Waals surface area contributed by atoms with Crippen molar-refractivity contribution in [1.82, 2.24) is 15.5 Å². The van der Waals surface area contributed by atoms with Crippen LogP contribution in [0.1, 0.15) is 26.2 Å². The van der Waals surface area contributed by atoms with Gasteiger partial charge in [-0.3, -0.25) is 14.4 Å². The maximum absolute atomic E-state index is 12.2. The van der Waals surface area contributed by atoms with Crippen molar-refractivity contribution in [3.63, 3.8) is 0 Å². The Morgan fingerprint density at radius 3 is 2.90 bits per heavy atom. The molecular weight excluding hydrogens is 278 g/mol. The number of carbonyl (C=O) groups excluding carboxylic acids is 3. The number of piperazine rings is 1. The van der Waals surface area contributed by atoms with E-state index in [-0.39, 0.29) is 29.8 Å². The Kier molecular flexibility index (Phi) is 4.91. The van der Waals surface area contributed by atoms with Gasteiger partial charge in [-0.25, -0.2) is 0 Å². The molecule has 2 heterocycles. The maximum Gasteiger partial charge on any atom is 0.245 e. The third kappa shape index (κ3) is 3.08. The zero-order valence-electron chi connectivity index (χ0n) is 11.8. The van der Waals surface area contributed by atoms with Gasteiger partial charge in [-0.2, -0.15) is 11.8 Å². The molecule has 2 saturated heterocycles. The SMILES string of the molecule is CC[C@@H]1NC(=O)[C@@H]2C[C@@H](NC(=O)CSC)CCN2C1=O. The number of thioether (sulfide) groups is 1. The average molecular weight is 299 g/mol. The van der Waals surface area contributed by atoms with Crippen molar-refractivity contribution in [2.75, 3.05) is 18.6 Å². The lowest BCUT2D eigenvalue weighted by atomic mass is 9.92. The lowest BCUT2D eigenvalue weighted by Crippen LogP contribution is -2.66. The van der Waals surface area contributed by atoms with E-state index in [1.807, 2.05) is 13.2 Å². The van der Waals surface area contributed by atoms with Crippen LogP contribution in [0.4, 0.5) is 0 Å². The van der Waals surface area contributed by atoms with Gasteiger partial charge in [-0.15, -0.1) is 0 Å². The molecule has 0 radical (unpaired) electrons. The quantitative estimate of drug-likeness (QED) is 0.749. The fourth-order valence-corrected chi connectivity index (χ4v) is 3.16. The number of carbonyl (C=O) groups is 3. The van der Waals surface area contributed by atoms with Gasteiger partial charge in [0.2, 0.25) is 17.7 Å². The molecule has 0 saturated carbocycles. The Morgan fingerprint density at radius 2 is 2.25 bits per heavy atom. The van der Waals surface area contributed by atoms with Crippen LogP contribution in [0.2, 0.25) is 0 Å². The Hall–Kier alpha value is -1.24. The third-order valence-corrected chi connectivity index (χ3v) is 4.40. The minimum absolute atomic E-state index is 0.00555. The molecular formula is C13H21N3O3S. The highest BCUT2D eigenvalue weighted by Gasteiger charge is 2.43. The Labute approximate surface area is 123 Å². The predicted octanol–water partition coefficient (Wildman–Crippen LogP) is -0.266. The smallest absolute Gasteiger partial charge is 0.245 e. The summed E-state index contributed by atoms with van der Waals surface area (Å²) in [6.07, 6.45) is 3.71. The second-order valence-corrected chi connectivity index (χ2v) is 6.10. The molecule has 6 nitrogen and oxygen atoms in total. The molecule has 2 aliphatic rings. The molecule has 0 aromatic heterocycles. The first-order valence-corrected chi connectivity index (χ1v) is 8.35. The highest BCUT2D eigenvalue weighted by atomic mass is 32.2. The summed E-state index contributed by atoms with van der Waals surface area (Å²) in [7, 11) is 0. The highest BCUT2D eigenvalue weighted by molar-refractivity contribution is 7.99. The summed E-state index contributed by atoms with van der Waals surface area (Å²) in [6, 6.07) is -0.840. The van der Waals surface area contributed by atoms with E-state index in [4.69, 9.17) is 0 Å². The normalized spacial score (nSPS) is 29.7. The van der Waals surface area contributed by atoms with Crippen molar-refractivity contribution < 1.29 is 14.4 Å². The number of hydrogen-bond acceptors (Lipinski definition) is 4. The molecule has 7 heteroatoms. The first kappa shape index (κ1) is 15.2. The van der Waals surface area contributed by atoms with Crippen LogP contribution in [0.25, 0.3) is 0 Å². The van der Waals surface area contributed by atoms with Crippen LogP contribution in [-0.4, -0.2) is 59.3 Å². The third-order valence-electron chi connectivity index (χ3n) is 3.85. The lowest BCUT2D eigenvalue weighted by Gasteiger charge is -2.44. The van der Waals surface area contributed by atoms with E-state index < -0.39 is 6.04 Å². The van der Waals surface area contributed by atoms with Crippen LogP contribution < -0.4 is 10.6 Å². The first-order chi connectivity index (χ1) is 9.56. The van der Waals surface area contributed by atoms with Gasteiger partial charge in [-0.05, 0) is 25.5 Å². The number of fused-ring (bicyclic) bond motifs is 1. The van der Waals surface area contributed by atoms with E-state index in [1.165, 1.54) is 11.8 Å². The molecule has 20 heavy (non-hydrogen) atoms. The highest BCUT2D eigenvalue weighted by Crippen LogP contribution is 2.23. The summed E-state index contributed by atoms with van der Waals surface area (Å²) < 4.78 is 0. The second kappa shape index (κ2) is 6.47. The van der Waals surface area contributed by atoms with Gasteiger partial charge in [0.1, 0.15) is 12.1 Å². The van der Waals surface area contributed by atoms with Crippen molar-refractivity contribution in [1.29, 1.82) is 0 Å². The Morgan fingerprint density at radius 1 is 1.50 bits per heavy atom. The van der Waals surface area contributed by atoms with Crippen molar-refractivity contribution >= 4 is 29.5 Å². The standard InChI is InChI=1S/C13H21N3O3S/c1-3-9-13(19)16-5-4-8(14-11(17)7-20-2)6-10(16)12(18)15-9/h8-10H,3-7H2,1-2H3,(H,14,17)(H,15,18)/t8-,9-,10-/m0/s1. The molecule has 2 rings (SSSR count). The number of piperidine rings is 1. The number of rotatable bonds is 4. The van der Waals surface area contributed by atoms with Crippen LogP contribution in [-0.2, 0) is 14.4 Å². The molecule has 0 aromatic rings. The van der Waals surface area contributed by atoms with E-state index in [0.29, 0.717) is 31.6 Å². The van der Waals surface area contributed by atoms with Crippen LogP contribution in [0, 0.1) is 0 Å². The van der Waals surface area contributed by atoms with Crippen LogP contribution in [0.15, 0.2) is 0 Å². The summed E-state index contributed by atoms with van der Waals surface area (Å²) in [5.41, 5.74) is 0. The van der Waals surface area contributed by atoms with E-state index in [2.05, 4.69) is 10.6 Å². The fourth-order valence-electron chi connectivity index (χ4n) is 2.82. The summed E-state index contributed by atoms with van der Waals surface area (Å²) in [6.45, 7) is 2.43. The monoisotopic (exact) mass is 299 g/mol. The van der Waals surface area contributed by atoms with Crippen molar-refractivity contribution in [2.45, 2.75) is 44.3 Å². The fraction of sp³-hybridized carbons (Fsp3) is 0.769. The van der Waals surface area contributed by atoms with Gasteiger partial charge >= 0.3 is 0 Å². The van der Waals surface area contributed by atoms with Gasteiger partial charge in [-0.1, -0.05) is 6.92 Å². The molecule has 2 fully saturated rings. The summed E-state index contributed by atoms with van der Waals surface area (Å²) >= 11 is 1.47. The zero-order chi connectivity index (χ0) is 14.7. The number of nitrogens with zero attached hydrogens (tertiary/aromatic N) is 1. The number of amides is 3. The van der Waals surface area contributed by atoms with Gasteiger partial charge < -0.3 is 15.5 Å². The average Bonchev–Trinajstić information content (AvgIpc) is 2.43. The Balaban J connectivity index is 1.98. The minimum Gasteiger partial charge on any atom is -0.352 e. The number of hydrogen-bond donors (Lipinski definition) is 2. The van der Waals surface area contributed by atoms with Gasteiger partial charge in [0.25, 0.3) is 0 Å². The van der Waals surface area contributed by atoms with Gasteiger partial charge in [0.15, 0.2) is 0 Å². The molecule has 3 atom stereocenters. The molecule has 0 spiro atoms. The minimum atomic E-state index is -0.432. The number of nitrogens with one attached hydrogen (secondary N) is 2. The molecule has 2 aliphatic heterocycles.